The molecule has 19 heavy (non-hydrogen) atoms. The molecule has 0 bridgehead atoms. The summed E-state index contributed by atoms with van der Waals surface area (Å²) in [7, 11) is 0. The van der Waals surface area contributed by atoms with E-state index in [1.807, 2.05) is 13.8 Å². The van der Waals surface area contributed by atoms with Gasteiger partial charge in [-0.1, -0.05) is 19.0 Å². The Bertz CT molecular complexity index is 469. The Kier molecular flexibility index (Phi) is 3.59. The predicted octanol–water partition coefficient (Wildman–Crippen LogP) is 1.18. The van der Waals surface area contributed by atoms with Gasteiger partial charge in [0.15, 0.2) is 0 Å². The van der Waals surface area contributed by atoms with Crippen LogP contribution in [-0.4, -0.2) is 40.1 Å². The Morgan fingerprint density at radius 2 is 2.32 bits per heavy atom. The average molecular weight is 266 g/mol. The molecule has 1 aliphatic heterocycles. The van der Waals surface area contributed by atoms with Gasteiger partial charge in [-0.2, -0.15) is 0 Å². The van der Waals surface area contributed by atoms with Gasteiger partial charge < -0.3 is 14.5 Å². The number of carbonyl (C=O) groups is 2. The van der Waals surface area contributed by atoms with Gasteiger partial charge in [-0.25, -0.2) is 0 Å². The molecule has 6 nitrogen and oxygen atoms in total. The third-order valence-corrected chi connectivity index (χ3v) is 4.01. The monoisotopic (exact) mass is 266 g/mol. The topological polar surface area (TPSA) is 83.6 Å². The van der Waals surface area contributed by atoms with E-state index < -0.39 is 11.4 Å². The van der Waals surface area contributed by atoms with Crippen LogP contribution in [0, 0.1) is 11.3 Å². The number of likely N-dealkylation sites (tertiary alicyclic amines) is 1. The zero-order chi connectivity index (χ0) is 14.0. The van der Waals surface area contributed by atoms with E-state index in [1.165, 1.54) is 6.26 Å². The Morgan fingerprint density at radius 1 is 1.58 bits per heavy atom. The lowest BCUT2D eigenvalue weighted by atomic mass is 9.76. The van der Waals surface area contributed by atoms with Crippen LogP contribution < -0.4 is 0 Å². The summed E-state index contributed by atoms with van der Waals surface area (Å²) in [6.07, 6.45) is 2.08. The first-order valence-corrected chi connectivity index (χ1v) is 6.36. The van der Waals surface area contributed by atoms with Crippen LogP contribution in [-0.2, 0) is 16.0 Å². The van der Waals surface area contributed by atoms with Crippen molar-refractivity contribution >= 4 is 11.9 Å². The zero-order valence-corrected chi connectivity index (χ0v) is 11.1. The molecular weight excluding hydrogens is 248 g/mol. The lowest BCUT2D eigenvalue weighted by molar-refractivity contribution is -0.151. The first kappa shape index (κ1) is 13.6. The summed E-state index contributed by atoms with van der Waals surface area (Å²) in [5.74, 6) is -0.924. The minimum Gasteiger partial charge on any atom is -0.481 e. The van der Waals surface area contributed by atoms with E-state index in [2.05, 4.69) is 9.68 Å². The van der Waals surface area contributed by atoms with Crippen LogP contribution in [0.15, 0.2) is 16.9 Å². The molecule has 0 saturated carbocycles. The minimum absolute atomic E-state index is 0.00477. The van der Waals surface area contributed by atoms with Crippen molar-refractivity contribution in [2.45, 2.75) is 26.7 Å². The molecule has 1 aromatic rings. The van der Waals surface area contributed by atoms with E-state index in [0.717, 1.165) is 0 Å². The smallest absolute Gasteiger partial charge is 0.311 e. The first-order chi connectivity index (χ1) is 8.95. The summed E-state index contributed by atoms with van der Waals surface area (Å²) in [6.45, 7) is 4.54. The third-order valence-electron chi connectivity index (χ3n) is 4.01. The number of aromatic nitrogens is 1. The van der Waals surface area contributed by atoms with E-state index >= 15 is 0 Å². The van der Waals surface area contributed by atoms with Crippen molar-refractivity contribution in [1.29, 1.82) is 0 Å². The summed E-state index contributed by atoms with van der Waals surface area (Å²) in [4.78, 5) is 25.2. The maximum Gasteiger partial charge on any atom is 0.311 e. The fourth-order valence-electron chi connectivity index (χ4n) is 2.53. The molecule has 104 valence electrons. The molecule has 0 radical (unpaired) electrons. The molecule has 0 aliphatic carbocycles. The Morgan fingerprint density at radius 3 is 2.79 bits per heavy atom. The standard InChI is InChI=1S/C13H18N2O4/c1-9(2)13(12(17)18)4-5-15(8-13)11(16)7-10-3-6-19-14-10/h3,6,9H,4-5,7-8H2,1-2H3,(H,17,18). The van der Waals surface area contributed by atoms with E-state index in [9.17, 15) is 14.7 Å². The number of carboxylic acids is 1. The van der Waals surface area contributed by atoms with Crippen LogP contribution in [0.4, 0.5) is 0 Å². The number of carboxylic acid groups (broad SMARTS) is 1. The fraction of sp³-hybridized carbons (Fsp3) is 0.615. The van der Waals surface area contributed by atoms with E-state index in [4.69, 9.17) is 0 Å². The summed E-state index contributed by atoms with van der Waals surface area (Å²) >= 11 is 0. The molecule has 1 aromatic heterocycles. The molecule has 0 aromatic carbocycles. The number of aliphatic carboxylic acids is 1. The van der Waals surface area contributed by atoms with Crippen LogP contribution in [0.5, 0.6) is 0 Å². The molecule has 1 aliphatic rings. The third kappa shape index (κ3) is 2.47. The van der Waals surface area contributed by atoms with Gasteiger partial charge in [0, 0.05) is 19.2 Å². The Balaban J connectivity index is 2.05. The SMILES string of the molecule is CC(C)C1(C(=O)O)CCN(C(=O)Cc2ccon2)C1. The molecule has 6 heteroatoms. The van der Waals surface area contributed by atoms with Crippen molar-refractivity contribution in [1.82, 2.24) is 10.1 Å². The Labute approximate surface area is 111 Å². The number of hydrogen-bond acceptors (Lipinski definition) is 4. The molecule has 1 unspecified atom stereocenters. The van der Waals surface area contributed by atoms with Crippen LogP contribution >= 0.6 is 0 Å². The summed E-state index contributed by atoms with van der Waals surface area (Å²) in [5, 5.41) is 13.1. The van der Waals surface area contributed by atoms with Crippen molar-refractivity contribution in [3.8, 4) is 0 Å². The van der Waals surface area contributed by atoms with Gasteiger partial charge in [0.2, 0.25) is 5.91 Å². The van der Waals surface area contributed by atoms with Gasteiger partial charge in [0.05, 0.1) is 17.5 Å². The second-order valence-electron chi connectivity index (χ2n) is 5.35. The van der Waals surface area contributed by atoms with E-state index in [-0.39, 0.29) is 24.8 Å². The molecule has 0 spiro atoms. The predicted molar refractivity (Wildman–Crippen MR) is 66.3 cm³/mol. The highest BCUT2D eigenvalue weighted by Gasteiger charge is 2.48. The molecule has 1 fully saturated rings. The number of rotatable bonds is 4. The van der Waals surface area contributed by atoms with Gasteiger partial charge in [-0.15, -0.1) is 0 Å². The zero-order valence-electron chi connectivity index (χ0n) is 11.1. The molecule has 2 rings (SSSR count). The van der Waals surface area contributed by atoms with Gasteiger partial charge in [-0.3, -0.25) is 9.59 Å². The highest BCUT2D eigenvalue weighted by molar-refractivity contribution is 5.82. The second kappa shape index (κ2) is 5.03. The quantitative estimate of drug-likeness (QED) is 0.884. The number of carbonyl (C=O) groups excluding carboxylic acids is 1. The van der Waals surface area contributed by atoms with Crippen LogP contribution in [0.1, 0.15) is 26.0 Å². The largest absolute Gasteiger partial charge is 0.481 e. The molecule has 1 N–H and O–H groups in total. The van der Waals surface area contributed by atoms with Gasteiger partial charge in [-0.05, 0) is 12.3 Å². The summed E-state index contributed by atoms with van der Waals surface area (Å²) in [6, 6.07) is 1.64. The maximum atomic E-state index is 12.1. The van der Waals surface area contributed by atoms with Gasteiger partial charge in [0.1, 0.15) is 6.26 Å². The van der Waals surface area contributed by atoms with Crippen LogP contribution in [0.2, 0.25) is 0 Å². The van der Waals surface area contributed by atoms with Crippen molar-refractivity contribution in [3.63, 3.8) is 0 Å². The summed E-state index contributed by atoms with van der Waals surface area (Å²) < 4.78 is 4.68. The van der Waals surface area contributed by atoms with Crippen molar-refractivity contribution in [2.75, 3.05) is 13.1 Å². The summed E-state index contributed by atoms with van der Waals surface area (Å²) in [5.41, 5.74) is -0.248. The molecule has 1 amide bonds. The fourth-order valence-corrected chi connectivity index (χ4v) is 2.53. The lowest BCUT2D eigenvalue weighted by Gasteiger charge is -2.28. The highest BCUT2D eigenvalue weighted by atomic mass is 16.5. The highest BCUT2D eigenvalue weighted by Crippen LogP contribution is 2.38. The molecular formula is C13H18N2O4. The molecule has 1 saturated heterocycles. The van der Waals surface area contributed by atoms with Crippen molar-refractivity contribution < 1.29 is 19.2 Å². The van der Waals surface area contributed by atoms with Crippen molar-refractivity contribution in [3.05, 3.63) is 18.0 Å². The number of hydrogen-bond donors (Lipinski definition) is 1. The second-order valence-corrected chi connectivity index (χ2v) is 5.35. The van der Waals surface area contributed by atoms with Gasteiger partial charge >= 0.3 is 5.97 Å². The minimum atomic E-state index is -0.820. The number of amides is 1. The normalized spacial score (nSPS) is 23.0. The average Bonchev–Trinajstić information content (AvgIpc) is 2.97. The van der Waals surface area contributed by atoms with Crippen molar-refractivity contribution in [2.24, 2.45) is 11.3 Å². The number of nitrogens with zero attached hydrogens (tertiary/aromatic N) is 2. The Hall–Kier alpha value is -1.85. The maximum absolute atomic E-state index is 12.1. The lowest BCUT2D eigenvalue weighted by Crippen LogP contribution is -2.41. The van der Waals surface area contributed by atoms with Gasteiger partial charge in [0.25, 0.3) is 0 Å². The van der Waals surface area contributed by atoms with E-state index in [1.54, 1.807) is 11.0 Å². The molecule has 1 atom stereocenters. The molecule has 2 heterocycles. The van der Waals surface area contributed by atoms with E-state index in [0.29, 0.717) is 18.7 Å². The first-order valence-electron chi connectivity index (χ1n) is 6.36. The van der Waals surface area contributed by atoms with Crippen LogP contribution in [0.3, 0.4) is 0 Å². The van der Waals surface area contributed by atoms with Crippen LogP contribution in [0.25, 0.3) is 0 Å².